The zero-order valence-electron chi connectivity index (χ0n) is 16.2. The van der Waals surface area contributed by atoms with E-state index < -0.39 is 0 Å². The third-order valence-electron chi connectivity index (χ3n) is 5.54. The minimum absolute atomic E-state index is 0.0783. The first-order valence-corrected chi connectivity index (χ1v) is 9.99. The van der Waals surface area contributed by atoms with E-state index in [-0.39, 0.29) is 23.5 Å². The van der Waals surface area contributed by atoms with Crippen molar-refractivity contribution in [3.8, 4) is 0 Å². The number of para-hydroxylation sites is 1. The molecule has 1 aliphatic heterocycles. The predicted octanol–water partition coefficient (Wildman–Crippen LogP) is 4.12. The van der Waals surface area contributed by atoms with Gasteiger partial charge < -0.3 is 15.2 Å². The van der Waals surface area contributed by atoms with Crippen LogP contribution in [0.3, 0.4) is 0 Å². The second kappa shape index (κ2) is 8.47. The fraction of sp³-hybridized carbons (Fsp3) is 0.304. The lowest BCUT2D eigenvalue weighted by molar-refractivity contribution is -0.134. The highest BCUT2D eigenvalue weighted by molar-refractivity contribution is 5.93. The second-order valence-corrected chi connectivity index (χ2v) is 7.53. The topological polar surface area (TPSA) is 65.2 Å². The number of H-pyrrole nitrogens is 1. The van der Waals surface area contributed by atoms with Crippen LogP contribution in [0.1, 0.15) is 24.8 Å². The number of rotatable bonds is 5. The van der Waals surface area contributed by atoms with Gasteiger partial charge in [0.25, 0.3) is 0 Å². The average molecular weight is 393 g/mol. The number of amides is 2. The van der Waals surface area contributed by atoms with E-state index in [0.717, 1.165) is 29.3 Å². The van der Waals surface area contributed by atoms with Gasteiger partial charge in [0.15, 0.2) is 0 Å². The summed E-state index contributed by atoms with van der Waals surface area (Å²) >= 11 is 0. The number of likely N-dealkylation sites (tertiary alicyclic amines) is 1. The summed E-state index contributed by atoms with van der Waals surface area (Å²) in [5.74, 6) is -0.626. The van der Waals surface area contributed by atoms with E-state index in [4.69, 9.17) is 0 Å². The number of carbonyl (C=O) groups is 2. The number of nitrogens with zero attached hydrogens (tertiary/aromatic N) is 1. The minimum atomic E-state index is -0.340. The van der Waals surface area contributed by atoms with Crippen molar-refractivity contribution in [1.82, 2.24) is 9.88 Å². The molecular weight excluding hydrogens is 369 g/mol. The molecule has 5 nitrogen and oxygen atoms in total. The van der Waals surface area contributed by atoms with Gasteiger partial charge in [-0.15, -0.1) is 0 Å². The molecule has 3 aromatic rings. The van der Waals surface area contributed by atoms with Crippen LogP contribution >= 0.6 is 0 Å². The predicted molar refractivity (Wildman–Crippen MR) is 111 cm³/mol. The summed E-state index contributed by atoms with van der Waals surface area (Å²) in [7, 11) is 0. The van der Waals surface area contributed by atoms with Crippen LogP contribution in [0, 0.1) is 11.7 Å². The first-order valence-electron chi connectivity index (χ1n) is 9.99. The molecule has 1 saturated heterocycles. The fourth-order valence-electron chi connectivity index (χ4n) is 3.93. The van der Waals surface area contributed by atoms with Crippen molar-refractivity contribution in [2.24, 2.45) is 5.92 Å². The monoisotopic (exact) mass is 393 g/mol. The van der Waals surface area contributed by atoms with Crippen molar-refractivity contribution < 1.29 is 14.0 Å². The largest absolute Gasteiger partial charge is 0.361 e. The number of aromatic nitrogens is 1. The smallest absolute Gasteiger partial charge is 0.229 e. The summed E-state index contributed by atoms with van der Waals surface area (Å²) in [5.41, 5.74) is 2.78. The van der Waals surface area contributed by atoms with E-state index in [1.54, 1.807) is 17.0 Å². The number of carbonyl (C=O) groups excluding carboxylic acids is 2. The molecule has 29 heavy (non-hydrogen) atoms. The number of aryl methyl sites for hydroxylation is 1. The Kier molecular flexibility index (Phi) is 5.60. The van der Waals surface area contributed by atoms with Gasteiger partial charge in [0.05, 0.1) is 5.92 Å². The lowest BCUT2D eigenvalue weighted by atomic mass is 9.96. The number of fused-ring (bicyclic) bond motifs is 1. The molecule has 150 valence electrons. The summed E-state index contributed by atoms with van der Waals surface area (Å²) in [5, 5.41) is 3.97. The van der Waals surface area contributed by atoms with Crippen molar-refractivity contribution in [2.75, 3.05) is 18.4 Å². The van der Waals surface area contributed by atoms with E-state index >= 15 is 0 Å². The highest BCUT2D eigenvalue weighted by Gasteiger charge is 2.28. The first kappa shape index (κ1) is 19.2. The van der Waals surface area contributed by atoms with Crippen LogP contribution in [0.5, 0.6) is 0 Å². The summed E-state index contributed by atoms with van der Waals surface area (Å²) in [6.45, 7) is 1.12. The van der Waals surface area contributed by atoms with Crippen LogP contribution in [0.25, 0.3) is 10.9 Å². The number of hydrogen-bond donors (Lipinski definition) is 2. The maximum Gasteiger partial charge on any atom is 0.229 e. The molecule has 0 aliphatic carbocycles. The molecule has 1 unspecified atom stereocenters. The lowest BCUT2D eigenvalue weighted by Gasteiger charge is -2.32. The molecule has 2 amide bonds. The van der Waals surface area contributed by atoms with Crippen molar-refractivity contribution in [3.05, 3.63) is 66.1 Å². The van der Waals surface area contributed by atoms with Gasteiger partial charge in [0.2, 0.25) is 11.8 Å². The number of hydrogen-bond acceptors (Lipinski definition) is 2. The van der Waals surface area contributed by atoms with Gasteiger partial charge in [0, 0.05) is 42.3 Å². The zero-order chi connectivity index (χ0) is 20.2. The molecule has 2 aromatic carbocycles. The van der Waals surface area contributed by atoms with Gasteiger partial charge >= 0.3 is 0 Å². The first-order chi connectivity index (χ1) is 14.1. The van der Waals surface area contributed by atoms with Crippen LogP contribution in [0.4, 0.5) is 10.1 Å². The average Bonchev–Trinajstić information content (AvgIpc) is 3.17. The van der Waals surface area contributed by atoms with E-state index in [1.165, 1.54) is 12.1 Å². The number of halogens is 1. The molecule has 6 heteroatoms. The molecular formula is C23H24FN3O2. The number of benzene rings is 2. The molecule has 2 heterocycles. The van der Waals surface area contributed by atoms with Crippen LogP contribution < -0.4 is 5.32 Å². The molecule has 1 aliphatic rings. The van der Waals surface area contributed by atoms with Crippen LogP contribution in [-0.2, 0) is 16.0 Å². The Hall–Kier alpha value is -3.15. The standard InChI is InChI=1S/C23H24FN3O2/c24-18-8-10-19(11-9-18)26-23(29)17-4-3-13-27(15-17)22(28)12-7-16-14-25-21-6-2-1-5-20(16)21/h1-2,5-6,8-11,14,17,25H,3-4,7,12-13,15H2,(H,26,29). The Balaban J connectivity index is 1.33. The van der Waals surface area contributed by atoms with Gasteiger partial charge in [-0.1, -0.05) is 18.2 Å². The molecule has 2 N–H and O–H groups in total. The SMILES string of the molecule is O=C(Nc1ccc(F)cc1)C1CCCN(C(=O)CCc2c[nH]c3ccccc23)C1. The van der Waals surface area contributed by atoms with Crippen LogP contribution in [0.2, 0.25) is 0 Å². The molecule has 1 fully saturated rings. The van der Waals surface area contributed by atoms with Crippen molar-refractivity contribution >= 4 is 28.4 Å². The number of anilines is 1. The quantitative estimate of drug-likeness (QED) is 0.685. The van der Waals surface area contributed by atoms with E-state index in [1.807, 2.05) is 24.4 Å². The van der Waals surface area contributed by atoms with E-state index in [9.17, 15) is 14.0 Å². The van der Waals surface area contributed by atoms with Crippen molar-refractivity contribution in [2.45, 2.75) is 25.7 Å². The summed E-state index contributed by atoms with van der Waals surface area (Å²) in [6.07, 6.45) is 4.62. The molecule has 0 bridgehead atoms. The Morgan fingerprint density at radius 2 is 1.93 bits per heavy atom. The third kappa shape index (κ3) is 4.47. The second-order valence-electron chi connectivity index (χ2n) is 7.53. The summed E-state index contributed by atoms with van der Waals surface area (Å²) in [4.78, 5) is 30.3. The van der Waals surface area contributed by atoms with E-state index in [0.29, 0.717) is 31.6 Å². The Bertz CT molecular complexity index is 1010. The normalized spacial score (nSPS) is 16.7. The number of aromatic amines is 1. The van der Waals surface area contributed by atoms with Gasteiger partial charge in [-0.05, 0) is 55.2 Å². The molecule has 1 atom stereocenters. The molecule has 0 radical (unpaired) electrons. The van der Waals surface area contributed by atoms with Crippen molar-refractivity contribution in [3.63, 3.8) is 0 Å². The molecule has 4 rings (SSSR count). The lowest BCUT2D eigenvalue weighted by Crippen LogP contribution is -2.43. The zero-order valence-corrected chi connectivity index (χ0v) is 16.2. The Morgan fingerprint density at radius 1 is 1.14 bits per heavy atom. The maximum atomic E-state index is 13.0. The van der Waals surface area contributed by atoms with Crippen molar-refractivity contribution in [1.29, 1.82) is 0 Å². The Labute approximate surface area is 168 Å². The molecule has 0 saturated carbocycles. The van der Waals surface area contributed by atoms with Gasteiger partial charge in [-0.2, -0.15) is 0 Å². The minimum Gasteiger partial charge on any atom is -0.361 e. The third-order valence-corrected chi connectivity index (χ3v) is 5.54. The fourth-order valence-corrected chi connectivity index (χ4v) is 3.93. The maximum absolute atomic E-state index is 13.0. The highest BCUT2D eigenvalue weighted by atomic mass is 19.1. The summed E-state index contributed by atoms with van der Waals surface area (Å²) in [6, 6.07) is 13.8. The number of nitrogens with one attached hydrogen (secondary N) is 2. The van der Waals surface area contributed by atoms with Crippen LogP contribution in [-0.4, -0.2) is 34.8 Å². The highest BCUT2D eigenvalue weighted by Crippen LogP contribution is 2.22. The van der Waals surface area contributed by atoms with Crippen LogP contribution in [0.15, 0.2) is 54.7 Å². The summed E-state index contributed by atoms with van der Waals surface area (Å²) < 4.78 is 13.0. The van der Waals surface area contributed by atoms with Gasteiger partial charge in [-0.25, -0.2) is 4.39 Å². The van der Waals surface area contributed by atoms with E-state index in [2.05, 4.69) is 16.4 Å². The molecule has 0 spiro atoms. The Morgan fingerprint density at radius 3 is 2.76 bits per heavy atom. The van der Waals surface area contributed by atoms with Gasteiger partial charge in [-0.3, -0.25) is 9.59 Å². The molecule has 1 aromatic heterocycles. The van der Waals surface area contributed by atoms with Gasteiger partial charge in [0.1, 0.15) is 5.82 Å². The number of piperidine rings is 1.